The number of alkyl halides is 3. The Kier molecular flexibility index (Phi) is 5.32. The summed E-state index contributed by atoms with van der Waals surface area (Å²) in [5.41, 5.74) is 3.19. The number of hydrogen-bond acceptors (Lipinski definition) is 2. The van der Waals surface area contributed by atoms with E-state index in [4.69, 9.17) is 0 Å². The SMILES string of the molecule is CN(Cc1ccccc1-c1ccccc1)[C@@H]1CCN(CC(F)(F)F)C1=O. The van der Waals surface area contributed by atoms with Crippen LogP contribution in [0.25, 0.3) is 11.1 Å². The Morgan fingerprint density at radius 3 is 2.42 bits per heavy atom. The van der Waals surface area contributed by atoms with Gasteiger partial charge in [-0.25, -0.2) is 0 Å². The summed E-state index contributed by atoms with van der Waals surface area (Å²) >= 11 is 0. The second kappa shape index (κ2) is 7.50. The van der Waals surface area contributed by atoms with Crippen molar-refractivity contribution in [3.05, 3.63) is 60.2 Å². The Morgan fingerprint density at radius 1 is 1.08 bits per heavy atom. The first-order chi connectivity index (χ1) is 12.3. The summed E-state index contributed by atoms with van der Waals surface area (Å²) in [6, 6.07) is 17.3. The predicted molar refractivity (Wildman–Crippen MR) is 94.4 cm³/mol. The number of carbonyl (C=O) groups is 1. The van der Waals surface area contributed by atoms with Crippen LogP contribution in [0.5, 0.6) is 0 Å². The summed E-state index contributed by atoms with van der Waals surface area (Å²) in [5.74, 6) is -0.443. The van der Waals surface area contributed by atoms with Crippen LogP contribution in [0.2, 0.25) is 0 Å². The van der Waals surface area contributed by atoms with Crippen LogP contribution < -0.4 is 0 Å². The van der Waals surface area contributed by atoms with E-state index >= 15 is 0 Å². The van der Waals surface area contributed by atoms with Gasteiger partial charge in [-0.3, -0.25) is 9.69 Å². The van der Waals surface area contributed by atoms with Gasteiger partial charge in [0.2, 0.25) is 5.91 Å². The van der Waals surface area contributed by atoms with E-state index in [2.05, 4.69) is 0 Å². The highest BCUT2D eigenvalue weighted by Crippen LogP contribution is 2.27. The van der Waals surface area contributed by atoms with Gasteiger partial charge in [0, 0.05) is 13.1 Å². The van der Waals surface area contributed by atoms with Gasteiger partial charge in [-0.15, -0.1) is 0 Å². The van der Waals surface area contributed by atoms with Gasteiger partial charge in [0.15, 0.2) is 0 Å². The van der Waals surface area contributed by atoms with Gasteiger partial charge in [-0.1, -0.05) is 54.6 Å². The Bertz CT molecular complexity index is 761. The number of rotatable bonds is 5. The molecule has 1 saturated heterocycles. The van der Waals surface area contributed by atoms with Crippen molar-refractivity contribution in [3.8, 4) is 11.1 Å². The molecular formula is C20H21F3N2O. The van der Waals surface area contributed by atoms with Crippen molar-refractivity contribution >= 4 is 5.91 Å². The van der Waals surface area contributed by atoms with Crippen LogP contribution in [0.15, 0.2) is 54.6 Å². The molecule has 1 atom stereocenters. The minimum absolute atomic E-state index is 0.147. The Balaban J connectivity index is 1.73. The third kappa shape index (κ3) is 4.25. The highest BCUT2D eigenvalue weighted by molar-refractivity contribution is 5.84. The van der Waals surface area contributed by atoms with Crippen molar-refractivity contribution in [1.82, 2.24) is 9.80 Å². The Morgan fingerprint density at radius 2 is 1.73 bits per heavy atom. The lowest BCUT2D eigenvalue weighted by molar-refractivity contribution is -0.159. The van der Waals surface area contributed by atoms with Gasteiger partial charge in [-0.2, -0.15) is 13.2 Å². The molecule has 1 amide bonds. The van der Waals surface area contributed by atoms with Gasteiger partial charge in [0.1, 0.15) is 6.54 Å². The molecule has 0 aliphatic carbocycles. The number of hydrogen-bond donors (Lipinski definition) is 0. The quantitative estimate of drug-likeness (QED) is 0.804. The maximum Gasteiger partial charge on any atom is 0.406 e. The van der Waals surface area contributed by atoms with E-state index in [1.165, 1.54) is 0 Å². The number of nitrogens with zero attached hydrogens (tertiary/aromatic N) is 2. The van der Waals surface area contributed by atoms with E-state index < -0.39 is 24.7 Å². The molecule has 2 aromatic carbocycles. The van der Waals surface area contributed by atoms with Crippen LogP contribution in [0.1, 0.15) is 12.0 Å². The van der Waals surface area contributed by atoms with Gasteiger partial charge >= 0.3 is 6.18 Å². The summed E-state index contributed by atoms with van der Waals surface area (Å²) in [4.78, 5) is 15.1. The lowest BCUT2D eigenvalue weighted by Gasteiger charge is -2.25. The number of halogens is 3. The molecule has 0 unspecified atom stereocenters. The summed E-state index contributed by atoms with van der Waals surface area (Å²) in [5, 5.41) is 0. The van der Waals surface area contributed by atoms with E-state index in [9.17, 15) is 18.0 Å². The van der Waals surface area contributed by atoms with Gasteiger partial charge < -0.3 is 4.90 Å². The molecular weight excluding hydrogens is 341 g/mol. The molecule has 2 aromatic rings. The van der Waals surface area contributed by atoms with Crippen molar-refractivity contribution in [3.63, 3.8) is 0 Å². The zero-order valence-corrected chi connectivity index (χ0v) is 14.5. The van der Waals surface area contributed by atoms with Crippen LogP contribution >= 0.6 is 0 Å². The van der Waals surface area contributed by atoms with E-state index in [1.54, 1.807) is 7.05 Å². The summed E-state index contributed by atoms with van der Waals surface area (Å²) in [7, 11) is 1.79. The molecule has 1 fully saturated rings. The number of carbonyl (C=O) groups excluding carboxylic acids is 1. The Hall–Kier alpha value is -2.34. The van der Waals surface area contributed by atoms with Gasteiger partial charge in [0.05, 0.1) is 6.04 Å². The summed E-state index contributed by atoms with van der Waals surface area (Å²) in [6.07, 6.45) is -3.94. The molecule has 3 nitrogen and oxygen atoms in total. The minimum Gasteiger partial charge on any atom is -0.332 e. The van der Waals surface area contributed by atoms with Crippen LogP contribution in [0, 0.1) is 0 Å². The van der Waals surface area contributed by atoms with Crippen molar-refractivity contribution in [1.29, 1.82) is 0 Å². The average Bonchev–Trinajstić information content (AvgIpc) is 2.95. The Labute approximate surface area is 151 Å². The molecule has 0 saturated carbocycles. The summed E-state index contributed by atoms with van der Waals surface area (Å²) < 4.78 is 37.8. The lowest BCUT2D eigenvalue weighted by atomic mass is 9.99. The second-order valence-corrected chi connectivity index (χ2v) is 6.62. The molecule has 1 heterocycles. The molecule has 6 heteroatoms. The third-order valence-electron chi connectivity index (χ3n) is 4.69. The molecule has 0 spiro atoms. The van der Waals surface area contributed by atoms with Crippen molar-refractivity contribution in [2.45, 2.75) is 25.2 Å². The van der Waals surface area contributed by atoms with Crippen molar-refractivity contribution in [2.75, 3.05) is 20.1 Å². The smallest absolute Gasteiger partial charge is 0.332 e. The molecule has 26 heavy (non-hydrogen) atoms. The number of amides is 1. The van der Waals surface area contributed by atoms with E-state index in [0.717, 1.165) is 21.6 Å². The fraction of sp³-hybridized carbons (Fsp3) is 0.350. The fourth-order valence-electron chi connectivity index (χ4n) is 3.44. The zero-order chi connectivity index (χ0) is 18.7. The number of likely N-dealkylation sites (tertiary alicyclic amines) is 1. The summed E-state index contributed by atoms with van der Waals surface area (Å²) in [6.45, 7) is -0.522. The molecule has 1 aliphatic rings. The molecule has 1 aliphatic heterocycles. The predicted octanol–water partition coefficient (Wildman–Crippen LogP) is 3.95. The molecule has 138 valence electrons. The standard InChI is InChI=1S/C20H21F3N2O/c1-24(18-11-12-25(19(18)26)14-20(21,22)23)13-16-9-5-6-10-17(16)15-7-3-2-4-8-15/h2-10,18H,11-14H2,1H3/t18-/m1/s1. The maximum atomic E-state index is 12.6. The van der Waals surface area contributed by atoms with Gasteiger partial charge in [0.25, 0.3) is 0 Å². The topological polar surface area (TPSA) is 23.6 Å². The van der Waals surface area contributed by atoms with Gasteiger partial charge in [-0.05, 0) is 30.2 Å². The first-order valence-electron chi connectivity index (χ1n) is 8.54. The number of likely N-dealkylation sites (N-methyl/N-ethyl adjacent to an activating group) is 1. The molecule has 0 radical (unpaired) electrons. The van der Waals surface area contributed by atoms with Crippen LogP contribution in [0.4, 0.5) is 13.2 Å². The molecule has 0 N–H and O–H groups in total. The fourth-order valence-corrected chi connectivity index (χ4v) is 3.44. The zero-order valence-electron chi connectivity index (χ0n) is 14.5. The third-order valence-corrected chi connectivity index (χ3v) is 4.69. The minimum atomic E-state index is -4.36. The molecule has 3 rings (SSSR count). The molecule has 0 bridgehead atoms. The molecule has 0 aromatic heterocycles. The second-order valence-electron chi connectivity index (χ2n) is 6.62. The average molecular weight is 362 g/mol. The monoisotopic (exact) mass is 362 g/mol. The lowest BCUT2D eigenvalue weighted by Crippen LogP contribution is -2.42. The van der Waals surface area contributed by atoms with Crippen LogP contribution in [-0.2, 0) is 11.3 Å². The number of benzene rings is 2. The van der Waals surface area contributed by atoms with Crippen LogP contribution in [0.3, 0.4) is 0 Å². The normalized spacial score (nSPS) is 18.0. The van der Waals surface area contributed by atoms with Crippen molar-refractivity contribution in [2.24, 2.45) is 0 Å². The largest absolute Gasteiger partial charge is 0.406 e. The highest BCUT2D eigenvalue weighted by atomic mass is 19.4. The van der Waals surface area contributed by atoms with E-state index in [1.807, 2.05) is 59.5 Å². The van der Waals surface area contributed by atoms with Crippen molar-refractivity contribution < 1.29 is 18.0 Å². The first kappa shape index (κ1) is 18.5. The van der Waals surface area contributed by atoms with E-state index in [-0.39, 0.29) is 6.54 Å². The van der Waals surface area contributed by atoms with E-state index in [0.29, 0.717) is 13.0 Å². The first-order valence-corrected chi connectivity index (χ1v) is 8.54. The maximum absolute atomic E-state index is 12.6. The van der Waals surface area contributed by atoms with Crippen LogP contribution in [-0.4, -0.2) is 48.1 Å². The highest BCUT2D eigenvalue weighted by Gasteiger charge is 2.40.